The molecule has 0 amide bonds. The molecule has 0 atom stereocenters. The summed E-state index contributed by atoms with van der Waals surface area (Å²) in [6.45, 7) is 0. The second-order valence-electron chi connectivity index (χ2n) is 2.13. The fourth-order valence-corrected chi connectivity index (χ4v) is 1.79. The minimum atomic E-state index is -2.48. The number of alkyl halides is 3. The summed E-state index contributed by atoms with van der Waals surface area (Å²) < 4.78 is 25.2. The van der Waals surface area contributed by atoms with Crippen LogP contribution in [0.25, 0.3) is 0 Å². The SMILES string of the molecule is FC(F)c1c(I)cncc1CCl. The van der Waals surface area contributed by atoms with Crippen molar-refractivity contribution >= 4 is 34.2 Å². The van der Waals surface area contributed by atoms with Gasteiger partial charge in [-0.05, 0) is 28.2 Å². The molecule has 12 heavy (non-hydrogen) atoms. The summed E-state index contributed by atoms with van der Waals surface area (Å²) in [5.41, 5.74) is 0.402. The van der Waals surface area contributed by atoms with Crippen LogP contribution in [0, 0.1) is 3.57 Å². The van der Waals surface area contributed by atoms with Crippen molar-refractivity contribution in [2.75, 3.05) is 0 Å². The number of halogens is 4. The van der Waals surface area contributed by atoms with Crippen molar-refractivity contribution in [2.24, 2.45) is 0 Å². The Labute approximate surface area is 87.3 Å². The van der Waals surface area contributed by atoms with Crippen molar-refractivity contribution in [2.45, 2.75) is 12.3 Å². The first kappa shape index (κ1) is 10.1. The van der Waals surface area contributed by atoms with E-state index < -0.39 is 6.43 Å². The van der Waals surface area contributed by atoms with E-state index >= 15 is 0 Å². The third-order valence-corrected chi connectivity index (χ3v) is 2.53. The van der Waals surface area contributed by atoms with Crippen LogP contribution in [0.15, 0.2) is 12.4 Å². The van der Waals surface area contributed by atoms with E-state index in [2.05, 4.69) is 4.98 Å². The third-order valence-electron chi connectivity index (χ3n) is 1.38. The first-order valence-electron chi connectivity index (χ1n) is 3.13. The molecule has 0 aliphatic heterocycles. The molecule has 0 bridgehead atoms. The molecule has 0 N–H and O–H groups in total. The fourth-order valence-electron chi connectivity index (χ4n) is 0.836. The van der Waals surface area contributed by atoms with Gasteiger partial charge in [-0.3, -0.25) is 4.98 Å². The van der Waals surface area contributed by atoms with E-state index in [-0.39, 0.29) is 11.4 Å². The lowest BCUT2D eigenvalue weighted by molar-refractivity contribution is 0.149. The van der Waals surface area contributed by atoms with Crippen molar-refractivity contribution in [3.63, 3.8) is 0 Å². The lowest BCUT2D eigenvalue weighted by Gasteiger charge is -2.06. The van der Waals surface area contributed by atoms with Crippen LogP contribution in [0.1, 0.15) is 17.6 Å². The molecule has 1 aromatic heterocycles. The second-order valence-corrected chi connectivity index (χ2v) is 3.56. The van der Waals surface area contributed by atoms with Crippen LogP contribution in [0.5, 0.6) is 0 Å². The molecule has 0 saturated carbocycles. The maximum Gasteiger partial charge on any atom is 0.265 e. The quantitative estimate of drug-likeness (QED) is 0.603. The molecule has 0 radical (unpaired) electrons. The van der Waals surface area contributed by atoms with E-state index in [1.54, 1.807) is 0 Å². The van der Waals surface area contributed by atoms with Crippen molar-refractivity contribution in [3.8, 4) is 0 Å². The monoisotopic (exact) mass is 303 g/mol. The van der Waals surface area contributed by atoms with Crippen LogP contribution in [0.2, 0.25) is 0 Å². The molecule has 1 aromatic rings. The van der Waals surface area contributed by atoms with Crippen LogP contribution in [0.3, 0.4) is 0 Å². The van der Waals surface area contributed by atoms with E-state index in [1.807, 2.05) is 22.6 Å². The van der Waals surface area contributed by atoms with Crippen molar-refractivity contribution in [3.05, 3.63) is 27.1 Å². The molecule has 1 nitrogen and oxygen atoms in total. The van der Waals surface area contributed by atoms with Gasteiger partial charge in [0.1, 0.15) is 0 Å². The topological polar surface area (TPSA) is 12.9 Å². The number of nitrogens with zero attached hydrogens (tertiary/aromatic N) is 1. The molecule has 0 aliphatic carbocycles. The summed E-state index contributed by atoms with van der Waals surface area (Å²) in [5, 5.41) is 0. The van der Waals surface area contributed by atoms with Gasteiger partial charge in [0.2, 0.25) is 0 Å². The number of hydrogen-bond donors (Lipinski definition) is 0. The number of rotatable bonds is 2. The molecule has 5 heteroatoms. The molecule has 0 aliphatic rings. The zero-order valence-corrected chi connectivity index (χ0v) is 8.81. The summed E-state index contributed by atoms with van der Waals surface area (Å²) in [6, 6.07) is 0. The smallest absolute Gasteiger partial charge is 0.263 e. The Morgan fingerprint density at radius 1 is 1.50 bits per heavy atom. The van der Waals surface area contributed by atoms with Gasteiger partial charge in [-0.15, -0.1) is 11.6 Å². The Bertz CT molecular complexity index is 280. The van der Waals surface area contributed by atoms with E-state index in [1.165, 1.54) is 12.4 Å². The van der Waals surface area contributed by atoms with Gasteiger partial charge in [0.05, 0.1) is 0 Å². The van der Waals surface area contributed by atoms with Gasteiger partial charge >= 0.3 is 0 Å². The number of hydrogen-bond acceptors (Lipinski definition) is 1. The molecular weight excluding hydrogens is 298 g/mol. The van der Waals surface area contributed by atoms with Gasteiger partial charge in [0, 0.05) is 27.4 Å². The molecule has 0 aromatic carbocycles. The van der Waals surface area contributed by atoms with Crippen LogP contribution in [-0.2, 0) is 5.88 Å². The second kappa shape index (κ2) is 4.32. The van der Waals surface area contributed by atoms with Crippen molar-refractivity contribution in [1.29, 1.82) is 0 Å². The molecule has 0 saturated heterocycles. The molecule has 0 fully saturated rings. The zero-order chi connectivity index (χ0) is 9.14. The van der Waals surface area contributed by atoms with Crippen LogP contribution < -0.4 is 0 Å². The fraction of sp³-hybridized carbons (Fsp3) is 0.286. The Balaban J connectivity index is 3.20. The highest BCUT2D eigenvalue weighted by atomic mass is 127. The third kappa shape index (κ3) is 2.04. The van der Waals surface area contributed by atoms with Crippen molar-refractivity contribution in [1.82, 2.24) is 4.98 Å². The standard InChI is InChI=1S/C7H5ClF2IN/c8-1-4-2-12-3-5(11)6(4)7(9)10/h2-3,7H,1H2. The van der Waals surface area contributed by atoms with E-state index in [4.69, 9.17) is 11.6 Å². The largest absolute Gasteiger partial charge is 0.265 e. The molecular formula is C7H5ClF2IN. The average Bonchev–Trinajstić information content (AvgIpc) is 2.03. The van der Waals surface area contributed by atoms with E-state index in [0.29, 0.717) is 9.13 Å². The average molecular weight is 303 g/mol. The molecule has 0 unspecified atom stereocenters. The Kier molecular flexibility index (Phi) is 3.64. The summed E-state index contributed by atoms with van der Waals surface area (Å²) in [7, 11) is 0. The van der Waals surface area contributed by atoms with Crippen molar-refractivity contribution < 1.29 is 8.78 Å². The number of pyridine rings is 1. The van der Waals surface area contributed by atoms with E-state index in [0.717, 1.165) is 0 Å². The lowest BCUT2D eigenvalue weighted by atomic mass is 10.2. The minimum absolute atomic E-state index is 0.000556. The van der Waals surface area contributed by atoms with Gasteiger partial charge in [0.15, 0.2) is 0 Å². The van der Waals surface area contributed by atoms with E-state index in [9.17, 15) is 8.78 Å². The van der Waals surface area contributed by atoms with Gasteiger partial charge in [-0.1, -0.05) is 0 Å². The maximum atomic E-state index is 12.4. The first-order valence-corrected chi connectivity index (χ1v) is 4.74. The molecule has 1 heterocycles. The number of aromatic nitrogens is 1. The molecule has 0 spiro atoms. The zero-order valence-electron chi connectivity index (χ0n) is 5.90. The lowest BCUT2D eigenvalue weighted by Crippen LogP contribution is -1.97. The first-order chi connectivity index (χ1) is 5.66. The predicted molar refractivity (Wildman–Crippen MR) is 51.5 cm³/mol. The Morgan fingerprint density at radius 3 is 2.58 bits per heavy atom. The highest BCUT2D eigenvalue weighted by Gasteiger charge is 2.15. The highest BCUT2D eigenvalue weighted by molar-refractivity contribution is 14.1. The Morgan fingerprint density at radius 2 is 2.17 bits per heavy atom. The highest BCUT2D eigenvalue weighted by Crippen LogP contribution is 2.27. The normalized spacial score (nSPS) is 10.8. The molecule has 1 rings (SSSR count). The summed E-state index contributed by atoms with van der Waals surface area (Å²) >= 11 is 7.29. The van der Waals surface area contributed by atoms with Gasteiger partial charge < -0.3 is 0 Å². The van der Waals surface area contributed by atoms with Gasteiger partial charge in [0.25, 0.3) is 6.43 Å². The molecule has 66 valence electrons. The minimum Gasteiger partial charge on any atom is -0.263 e. The summed E-state index contributed by atoms with van der Waals surface area (Å²) in [4.78, 5) is 3.77. The summed E-state index contributed by atoms with van der Waals surface area (Å²) in [6.07, 6.45) is 0.294. The van der Waals surface area contributed by atoms with Gasteiger partial charge in [-0.25, -0.2) is 8.78 Å². The van der Waals surface area contributed by atoms with Crippen LogP contribution in [0.4, 0.5) is 8.78 Å². The maximum absolute atomic E-state index is 12.4. The van der Waals surface area contributed by atoms with Gasteiger partial charge in [-0.2, -0.15) is 0 Å². The van der Waals surface area contributed by atoms with Crippen LogP contribution in [-0.4, -0.2) is 4.98 Å². The van der Waals surface area contributed by atoms with Crippen LogP contribution >= 0.6 is 34.2 Å². The summed E-state index contributed by atoms with van der Waals surface area (Å²) in [5.74, 6) is 0.0729. The Hall–Kier alpha value is 0.0300. The predicted octanol–water partition coefficient (Wildman–Crippen LogP) is 3.36.